The summed E-state index contributed by atoms with van der Waals surface area (Å²) in [7, 11) is 2.01. The van der Waals surface area contributed by atoms with Gasteiger partial charge in [0, 0.05) is 6.04 Å². The van der Waals surface area contributed by atoms with Crippen LogP contribution in [0.1, 0.15) is 31.4 Å². The van der Waals surface area contributed by atoms with E-state index in [0.29, 0.717) is 18.8 Å². The summed E-state index contributed by atoms with van der Waals surface area (Å²) in [4.78, 5) is 0. The molecule has 90 valence electrons. The van der Waals surface area contributed by atoms with E-state index in [0.717, 1.165) is 16.9 Å². The van der Waals surface area contributed by atoms with Crippen LogP contribution in [0.2, 0.25) is 0 Å². The molecule has 4 heteroatoms. The van der Waals surface area contributed by atoms with Crippen molar-refractivity contribution >= 4 is 15.9 Å². The molecular formula is C12H18BrNO2. The van der Waals surface area contributed by atoms with Crippen LogP contribution in [-0.4, -0.2) is 19.2 Å². The Morgan fingerprint density at radius 3 is 2.94 bits per heavy atom. The molecule has 2 unspecified atom stereocenters. The maximum absolute atomic E-state index is 5.91. The average Bonchev–Trinajstić information content (AvgIpc) is 2.73. The van der Waals surface area contributed by atoms with Gasteiger partial charge in [0.1, 0.15) is 12.4 Å². The number of hydrogen-bond acceptors (Lipinski definition) is 3. The Hall–Kier alpha value is -0.320. The molecule has 1 aliphatic carbocycles. The molecule has 3 nitrogen and oxygen atoms in total. The summed E-state index contributed by atoms with van der Waals surface area (Å²) in [5.74, 6) is 0.882. The van der Waals surface area contributed by atoms with Crippen molar-refractivity contribution in [3.05, 3.63) is 22.6 Å². The van der Waals surface area contributed by atoms with Crippen LogP contribution in [0.3, 0.4) is 0 Å². The van der Waals surface area contributed by atoms with E-state index in [1.165, 1.54) is 19.3 Å². The van der Waals surface area contributed by atoms with Gasteiger partial charge in [0.25, 0.3) is 0 Å². The standard InChI is InChI=1S/C12H18BrNO2/c1-14-10-4-2-3-5-11(10)15-8-9-6-7-12(13)16-9/h6-7,10-11,14H,2-5,8H2,1H3. The summed E-state index contributed by atoms with van der Waals surface area (Å²) in [6.45, 7) is 0.564. The van der Waals surface area contributed by atoms with Gasteiger partial charge in [-0.15, -0.1) is 0 Å². The Morgan fingerprint density at radius 2 is 2.25 bits per heavy atom. The van der Waals surface area contributed by atoms with Gasteiger partial charge in [-0.2, -0.15) is 0 Å². The minimum Gasteiger partial charge on any atom is -0.452 e. The molecule has 0 radical (unpaired) electrons. The van der Waals surface area contributed by atoms with Gasteiger partial charge >= 0.3 is 0 Å². The quantitative estimate of drug-likeness (QED) is 0.924. The first-order chi connectivity index (χ1) is 7.79. The van der Waals surface area contributed by atoms with Crippen LogP contribution in [0.15, 0.2) is 21.2 Å². The van der Waals surface area contributed by atoms with Crippen LogP contribution in [0.5, 0.6) is 0 Å². The third-order valence-corrected chi connectivity index (χ3v) is 3.57. The van der Waals surface area contributed by atoms with Gasteiger partial charge in [0.05, 0.1) is 6.10 Å². The zero-order valence-electron chi connectivity index (χ0n) is 9.54. The fraction of sp³-hybridized carbons (Fsp3) is 0.667. The van der Waals surface area contributed by atoms with Crippen molar-refractivity contribution in [3.63, 3.8) is 0 Å². The molecule has 1 aliphatic rings. The predicted molar refractivity (Wildman–Crippen MR) is 66.3 cm³/mol. The van der Waals surface area contributed by atoms with E-state index in [9.17, 15) is 0 Å². The highest BCUT2D eigenvalue weighted by molar-refractivity contribution is 9.10. The fourth-order valence-corrected chi connectivity index (χ4v) is 2.59. The molecule has 1 N–H and O–H groups in total. The van der Waals surface area contributed by atoms with Crippen molar-refractivity contribution < 1.29 is 9.15 Å². The number of likely N-dealkylation sites (N-methyl/N-ethyl adjacent to an activating group) is 1. The van der Waals surface area contributed by atoms with Gasteiger partial charge in [-0.25, -0.2) is 0 Å². The summed E-state index contributed by atoms with van der Waals surface area (Å²) in [6.07, 6.45) is 5.25. The first-order valence-electron chi connectivity index (χ1n) is 5.82. The van der Waals surface area contributed by atoms with Crippen molar-refractivity contribution in [1.82, 2.24) is 5.32 Å². The van der Waals surface area contributed by atoms with Crippen LogP contribution in [0, 0.1) is 0 Å². The van der Waals surface area contributed by atoms with Crippen LogP contribution in [0.4, 0.5) is 0 Å². The van der Waals surface area contributed by atoms with Crippen molar-refractivity contribution in [2.45, 2.75) is 44.4 Å². The topological polar surface area (TPSA) is 34.4 Å². The molecule has 1 fully saturated rings. The van der Waals surface area contributed by atoms with E-state index in [4.69, 9.17) is 9.15 Å². The summed E-state index contributed by atoms with van der Waals surface area (Å²) >= 11 is 3.29. The first kappa shape index (κ1) is 12.1. The molecule has 0 spiro atoms. The average molecular weight is 288 g/mol. The second-order valence-electron chi connectivity index (χ2n) is 4.23. The molecule has 16 heavy (non-hydrogen) atoms. The van der Waals surface area contributed by atoms with Gasteiger partial charge in [-0.3, -0.25) is 0 Å². The molecule has 0 aromatic carbocycles. The van der Waals surface area contributed by atoms with Gasteiger partial charge < -0.3 is 14.5 Å². The third-order valence-electron chi connectivity index (χ3n) is 3.14. The van der Waals surface area contributed by atoms with E-state index in [1.807, 2.05) is 19.2 Å². The van der Waals surface area contributed by atoms with Gasteiger partial charge in [0.2, 0.25) is 0 Å². The summed E-state index contributed by atoms with van der Waals surface area (Å²) in [5, 5.41) is 3.33. The van der Waals surface area contributed by atoms with Crippen molar-refractivity contribution in [2.24, 2.45) is 0 Å². The molecule has 0 aliphatic heterocycles. The number of ether oxygens (including phenoxy) is 1. The zero-order chi connectivity index (χ0) is 11.4. The van der Waals surface area contributed by atoms with E-state index in [1.54, 1.807) is 0 Å². The van der Waals surface area contributed by atoms with E-state index < -0.39 is 0 Å². The van der Waals surface area contributed by atoms with Crippen molar-refractivity contribution in [2.75, 3.05) is 7.05 Å². The SMILES string of the molecule is CNC1CCCCC1OCc1ccc(Br)o1. The number of hydrogen-bond donors (Lipinski definition) is 1. The zero-order valence-corrected chi connectivity index (χ0v) is 11.1. The van der Waals surface area contributed by atoms with Crippen LogP contribution >= 0.6 is 15.9 Å². The molecule has 0 amide bonds. The molecule has 1 heterocycles. The van der Waals surface area contributed by atoms with E-state index >= 15 is 0 Å². The maximum atomic E-state index is 5.91. The van der Waals surface area contributed by atoms with Gasteiger partial charge in [0.15, 0.2) is 4.67 Å². The van der Waals surface area contributed by atoms with Crippen LogP contribution < -0.4 is 5.32 Å². The Morgan fingerprint density at radius 1 is 1.44 bits per heavy atom. The lowest BCUT2D eigenvalue weighted by atomic mass is 9.92. The van der Waals surface area contributed by atoms with Gasteiger partial charge in [-0.1, -0.05) is 12.8 Å². The van der Waals surface area contributed by atoms with Gasteiger partial charge in [-0.05, 0) is 48.0 Å². The minimum atomic E-state index is 0.322. The first-order valence-corrected chi connectivity index (χ1v) is 6.62. The second kappa shape index (κ2) is 5.84. The molecule has 1 aromatic rings. The van der Waals surface area contributed by atoms with Crippen LogP contribution in [-0.2, 0) is 11.3 Å². The normalized spacial score (nSPS) is 25.9. The van der Waals surface area contributed by atoms with Crippen molar-refractivity contribution in [1.29, 1.82) is 0 Å². The molecular weight excluding hydrogens is 270 g/mol. The number of rotatable bonds is 4. The number of halogens is 1. The molecule has 0 bridgehead atoms. The summed E-state index contributed by atoms with van der Waals surface area (Å²) in [5.41, 5.74) is 0. The lowest BCUT2D eigenvalue weighted by Gasteiger charge is -2.30. The Kier molecular flexibility index (Phi) is 4.44. The largest absolute Gasteiger partial charge is 0.452 e. The highest BCUT2D eigenvalue weighted by atomic mass is 79.9. The Balaban J connectivity index is 1.84. The highest BCUT2D eigenvalue weighted by Crippen LogP contribution is 2.23. The number of furan rings is 1. The minimum absolute atomic E-state index is 0.322. The maximum Gasteiger partial charge on any atom is 0.169 e. The molecule has 0 saturated heterocycles. The lowest BCUT2D eigenvalue weighted by molar-refractivity contribution is -0.0108. The Labute approximate surface area is 105 Å². The predicted octanol–water partition coefficient (Wildman–Crippen LogP) is 3.09. The smallest absolute Gasteiger partial charge is 0.169 e. The fourth-order valence-electron chi connectivity index (χ4n) is 2.25. The highest BCUT2D eigenvalue weighted by Gasteiger charge is 2.24. The monoisotopic (exact) mass is 287 g/mol. The van der Waals surface area contributed by atoms with Crippen molar-refractivity contribution in [3.8, 4) is 0 Å². The number of nitrogens with one attached hydrogen (secondary N) is 1. The third kappa shape index (κ3) is 3.09. The summed E-state index contributed by atoms with van der Waals surface area (Å²) in [6, 6.07) is 4.34. The Bertz CT molecular complexity index is 327. The summed E-state index contributed by atoms with van der Waals surface area (Å²) < 4.78 is 12.1. The molecule has 1 aromatic heterocycles. The van der Waals surface area contributed by atoms with Crippen LogP contribution in [0.25, 0.3) is 0 Å². The molecule has 1 saturated carbocycles. The van der Waals surface area contributed by atoms with E-state index in [2.05, 4.69) is 21.2 Å². The lowest BCUT2D eigenvalue weighted by Crippen LogP contribution is -2.41. The second-order valence-corrected chi connectivity index (χ2v) is 5.02. The molecule has 2 rings (SSSR count). The molecule has 2 atom stereocenters. The van der Waals surface area contributed by atoms with E-state index in [-0.39, 0.29) is 0 Å².